The van der Waals surface area contributed by atoms with Crippen molar-refractivity contribution in [1.29, 1.82) is 0 Å². The van der Waals surface area contributed by atoms with Crippen LogP contribution in [0, 0.1) is 11.6 Å². The lowest BCUT2D eigenvalue weighted by atomic mass is 9.96. The number of halogens is 2. The third-order valence-corrected chi connectivity index (χ3v) is 3.99. The zero-order valence-corrected chi connectivity index (χ0v) is 14.8. The number of aliphatic hydroxyl groups is 2. The van der Waals surface area contributed by atoms with E-state index in [1.807, 2.05) is 0 Å². The molecule has 0 aliphatic carbocycles. The summed E-state index contributed by atoms with van der Waals surface area (Å²) in [6.45, 7) is 3.98. The number of nitrogens with zero attached hydrogens (tertiary/aromatic N) is 1. The first-order chi connectivity index (χ1) is 12.2. The SMILES string of the molecule is CC(C)(O)c1ccnc(-c2ccc(F)cc2)c1F.NCC1C[C@@H](O)CO1. The molecule has 142 valence electrons. The highest BCUT2D eigenvalue weighted by Crippen LogP contribution is 2.28. The van der Waals surface area contributed by atoms with E-state index in [0.29, 0.717) is 25.1 Å². The molecule has 0 saturated carbocycles. The smallest absolute Gasteiger partial charge is 0.155 e. The standard InChI is InChI=1S/C14H13F2NO.C5H11NO2/c1-14(2,18)11-7-8-17-13(12(11)16)9-3-5-10(15)6-4-9;6-2-5-1-4(7)3-8-5/h3-8,18H,1-2H3;4-5,7H,1-3,6H2/t;4-,5?/m.1/s1. The average Bonchev–Trinajstić information content (AvgIpc) is 3.01. The molecular formula is C19H24F2N2O3. The number of pyridine rings is 1. The Balaban J connectivity index is 0.000000254. The summed E-state index contributed by atoms with van der Waals surface area (Å²) < 4.78 is 32.1. The van der Waals surface area contributed by atoms with Crippen LogP contribution in [0.25, 0.3) is 11.3 Å². The topological polar surface area (TPSA) is 88.6 Å². The van der Waals surface area contributed by atoms with Gasteiger partial charge in [0.25, 0.3) is 0 Å². The molecule has 3 rings (SSSR count). The van der Waals surface area contributed by atoms with Crippen molar-refractivity contribution in [3.63, 3.8) is 0 Å². The molecule has 0 radical (unpaired) electrons. The lowest BCUT2D eigenvalue weighted by Gasteiger charge is -2.19. The maximum Gasteiger partial charge on any atom is 0.155 e. The summed E-state index contributed by atoms with van der Waals surface area (Å²) >= 11 is 0. The van der Waals surface area contributed by atoms with Crippen LogP contribution in [0.1, 0.15) is 25.8 Å². The van der Waals surface area contributed by atoms with Crippen molar-refractivity contribution < 1.29 is 23.7 Å². The molecule has 2 atom stereocenters. The van der Waals surface area contributed by atoms with Crippen molar-refractivity contribution >= 4 is 0 Å². The number of hydrogen-bond donors (Lipinski definition) is 3. The quantitative estimate of drug-likeness (QED) is 0.776. The minimum absolute atomic E-state index is 0.102. The van der Waals surface area contributed by atoms with Gasteiger partial charge in [0.15, 0.2) is 5.82 Å². The summed E-state index contributed by atoms with van der Waals surface area (Å²) in [5, 5.41) is 18.7. The van der Waals surface area contributed by atoms with E-state index in [0.717, 1.165) is 0 Å². The Labute approximate surface area is 151 Å². The normalized spacial score (nSPS) is 19.8. The van der Waals surface area contributed by atoms with Gasteiger partial charge in [0.2, 0.25) is 0 Å². The van der Waals surface area contributed by atoms with Gasteiger partial charge in [-0.05, 0) is 44.2 Å². The van der Waals surface area contributed by atoms with E-state index in [2.05, 4.69) is 4.98 Å². The van der Waals surface area contributed by atoms with Gasteiger partial charge in [0.05, 0.1) is 24.4 Å². The molecule has 26 heavy (non-hydrogen) atoms. The first-order valence-electron chi connectivity index (χ1n) is 8.35. The van der Waals surface area contributed by atoms with Crippen LogP contribution in [0.4, 0.5) is 8.78 Å². The number of aromatic nitrogens is 1. The van der Waals surface area contributed by atoms with Gasteiger partial charge in [-0.15, -0.1) is 0 Å². The number of hydrogen-bond acceptors (Lipinski definition) is 5. The number of benzene rings is 1. The molecule has 1 aliphatic heterocycles. The fraction of sp³-hybridized carbons (Fsp3) is 0.421. The van der Waals surface area contributed by atoms with E-state index in [-0.39, 0.29) is 23.5 Å². The minimum atomic E-state index is -1.29. The predicted molar refractivity (Wildman–Crippen MR) is 94.3 cm³/mol. The van der Waals surface area contributed by atoms with Gasteiger partial charge in [0.1, 0.15) is 11.5 Å². The van der Waals surface area contributed by atoms with Crippen LogP contribution in [-0.2, 0) is 10.3 Å². The molecule has 1 fully saturated rings. The van der Waals surface area contributed by atoms with Crippen LogP contribution in [0.2, 0.25) is 0 Å². The van der Waals surface area contributed by atoms with Gasteiger partial charge in [-0.2, -0.15) is 0 Å². The average molecular weight is 366 g/mol. The van der Waals surface area contributed by atoms with Crippen molar-refractivity contribution in [1.82, 2.24) is 4.98 Å². The van der Waals surface area contributed by atoms with E-state index in [1.54, 1.807) is 0 Å². The second-order valence-electron chi connectivity index (χ2n) is 6.67. The van der Waals surface area contributed by atoms with E-state index in [1.165, 1.54) is 50.4 Å². The summed E-state index contributed by atoms with van der Waals surface area (Å²) in [6.07, 6.45) is 1.96. The highest BCUT2D eigenvalue weighted by molar-refractivity contribution is 5.60. The van der Waals surface area contributed by atoms with Crippen molar-refractivity contribution in [2.75, 3.05) is 13.2 Å². The molecule has 5 nitrogen and oxygen atoms in total. The monoisotopic (exact) mass is 366 g/mol. The molecular weight excluding hydrogens is 342 g/mol. The Kier molecular flexibility index (Phi) is 6.77. The summed E-state index contributed by atoms with van der Waals surface area (Å²) in [5.74, 6) is -0.977. The van der Waals surface area contributed by atoms with Gasteiger partial charge in [-0.1, -0.05) is 0 Å². The zero-order valence-electron chi connectivity index (χ0n) is 14.8. The van der Waals surface area contributed by atoms with Crippen molar-refractivity contribution in [3.05, 3.63) is 53.7 Å². The number of nitrogens with two attached hydrogens (primary N) is 1. The molecule has 0 amide bonds. The lowest BCUT2D eigenvalue weighted by molar-refractivity contribution is 0.0745. The van der Waals surface area contributed by atoms with Crippen LogP contribution >= 0.6 is 0 Å². The Hall–Kier alpha value is -1.93. The van der Waals surface area contributed by atoms with Gasteiger partial charge in [0, 0.05) is 30.3 Å². The molecule has 2 heterocycles. The minimum Gasteiger partial charge on any atom is -0.391 e. The maximum atomic E-state index is 14.2. The number of ether oxygens (including phenoxy) is 1. The van der Waals surface area contributed by atoms with Crippen LogP contribution in [0.5, 0.6) is 0 Å². The fourth-order valence-corrected chi connectivity index (χ4v) is 2.58. The predicted octanol–water partition coefficient (Wildman–Crippen LogP) is 2.35. The third-order valence-electron chi connectivity index (χ3n) is 3.99. The van der Waals surface area contributed by atoms with E-state index in [4.69, 9.17) is 15.6 Å². The Morgan fingerprint density at radius 3 is 2.35 bits per heavy atom. The van der Waals surface area contributed by atoms with Crippen LogP contribution < -0.4 is 5.73 Å². The summed E-state index contributed by atoms with van der Waals surface area (Å²) in [7, 11) is 0. The largest absolute Gasteiger partial charge is 0.391 e. The molecule has 1 aliphatic rings. The molecule has 1 aromatic heterocycles. The molecule has 4 N–H and O–H groups in total. The molecule has 0 spiro atoms. The summed E-state index contributed by atoms with van der Waals surface area (Å²) in [5.41, 5.74) is 4.71. The Morgan fingerprint density at radius 2 is 1.88 bits per heavy atom. The van der Waals surface area contributed by atoms with E-state index < -0.39 is 17.2 Å². The van der Waals surface area contributed by atoms with E-state index >= 15 is 0 Å². The van der Waals surface area contributed by atoms with E-state index in [9.17, 15) is 13.9 Å². The highest BCUT2D eigenvalue weighted by atomic mass is 19.1. The Morgan fingerprint density at radius 1 is 1.23 bits per heavy atom. The first-order valence-corrected chi connectivity index (χ1v) is 8.35. The van der Waals surface area contributed by atoms with Gasteiger partial charge in [-0.3, -0.25) is 4.98 Å². The number of rotatable bonds is 3. The van der Waals surface area contributed by atoms with Crippen molar-refractivity contribution in [3.8, 4) is 11.3 Å². The Bertz CT molecular complexity index is 718. The zero-order chi connectivity index (χ0) is 19.3. The maximum absolute atomic E-state index is 14.2. The van der Waals surface area contributed by atoms with Crippen molar-refractivity contribution in [2.45, 2.75) is 38.1 Å². The van der Waals surface area contributed by atoms with Gasteiger partial charge < -0.3 is 20.7 Å². The van der Waals surface area contributed by atoms with Gasteiger partial charge in [-0.25, -0.2) is 8.78 Å². The number of aliphatic hydroxyl groups excluding tert-OH is 1. The fourth-order valence-electron chi connectivity index (χ4n) is 2.58. The summed E-state index contributed by atoms with van der Waals surface area (Å²) in [4.78, 5) is 3.94. The highest BCUT2D eigenvalue weighted by Gasteiger charge is 2.23. The lowest BCUT2D eigenvalue weighted by Crippen LogP contribution is -2.18. The second kappa shape index (κ2) is 8.64. The van der Waals surface area contributed by atoms with Crippen LogP contribution in [-0.4, -0.2) is 40.6 Å². The molecule has 1 saturated heterocycles. The van der Waals surface area contributed by atoms with Crippen LogP contribution in [0.3, 0.4) is 0 Å². The van der Waals surface area contributed by atoms with Crippen LogP contribution in [0.15, 0.2) is 36.5 Å². The molecule has 2 aromatic rings. The third kappa shape index (κ3) is 5.28. The molecule has 1 aromatic carbocycles. The van der Waals surface area contributed by atoms with Gasteiger partial charge >= 0.3 is 0 Å². The molecule has 7 heteroatoms. The molecule has 1 unspecified atom stereocenters. The summed E-state index contributed by atoms with van der Waals surface area (Å²) in [6, 6.07) is 6.83. The first kappa shape index (κ1) is 20.4. The second-order valence-corrected chi connectivity index (χ2v) is 6.67. The van der Waals surface area contributed by atoms with Crippen molar-refractivity contribution in [2.24, 2.45) is 5.73 Å². The molecule has 0 bridgehead atoms.